The van der Waals surface area contributed by atoms with Crippen molar-refractivity contribution in [1.82, 2.24) is 9.78 Å². The maximum Gasteiger partial charge on any atom is 0.338 e. The molecule has 132 valence electrons. The Morgan fingerprint density at radius 2 is 1.81 bits per heavy atom. The molecule has 0 spiro atoms. The number of hydrogen-bond acceptors (Lipinski definition) is 5. The molecule has 0 atom stereocenters. The van der Waals surface area contributed by atoms with Crippen LogP contribution in [0.4, 0.5) is 5.69 Å². The molecule has 3 aromatic rings. The average molecular weight is 351 g/mol. The van der Waals surface area contributed by atoms with E-state index in [2.05, 4.69) is 10.4 Å². The fourth-order valence-corrected chi connectivity index (χ4v) is 2.57. The van der Waals surface area contributed by atoms with Gasteiger partial charge in [-0.1, -0.05) is 12.1 Å². The lowest BCUT2D eigenvalue weighted by atomic mass is 10.2. The minimum Gasteiger partial charge on any atom is -0.462 e. The maximum absolute atomic E-state index is 12.5. The maximum atomic E-state index is 12.5. The first-order chi connectivity index (χ1) is 12.5. The Labute approximate surface area is 149 Å². The van der Waals surface area contributed by atoms with Gasteiger partial charge in [0.2, 0.25) is 5.43 Å². The summed E-state index contributed by atoms with van der Waals surface area (Å²) in [5, 5.41) is 7.13. The molecular formula is C19H17N3O4. The highest BCUT2D eigenvalue weighted by Gasteiger charge is 2.17. The monoisotopic (exact) mass is 351 g/mol. The van der Waals surface area contributed by atoms with E-state index in [1.165, 1.54) is 4.68 Å². The molecule has 1 amide bonds. The number of carbonyl (C=O) groups excluding carboxylic acids is 2. The van der Waals surface area contributed by atoms with Crippen LogP contribution in [-0.4, -0.2) is 28.3 Å². The molecule has 0 saturated heterocycles. The second kappa shape index (κ2) is 7.18. The van der Waals surface area contributed by atoms with Crippen LogP contribution in [0.5, 0.6) is 0 Å². The normalized spacial score (nSPS) is 10.5. The van der Waals surface area contributed by atoms with Crippen LogP contribution in [0.2, 0.25) is 0 Å². The minimum atomic E-state index is -0.611. The van der Waals surface area contributed by atoms with Gasteiger partial charge in [0.25, 0.3) is 5.91 Å². The molecule has 7 heteroatoms. The molecule has 0 unspecified atom stereocenters. The van der Waals surface area contributed by atoms with Crippen molar-refractivity contribution in [1.29, 1.82) is 0 Å². The molecule has 0 aliphatic rings. The Hall–Kier alpha value is -3.48. The van der Waals surface area contributed by atoms with Crippen LogP contribution in [-0.2, 0) is 11.8 Å². The molecule has 0 aliphatic carbocycles. The van der Waals surface area contributed by atoms with E-state index in [1.54, 1.807) is 62.5 Å². The Kier molecular flexibility index (Phi) is 4.79. The first kappa shape index (κ1) is 17.3. The van der Waals surface area contributed by atoms with Gasteiger partial charge in [-0.3, -0.25) is 14.3 Å². The van der Waals surface area contributed by atoms with Gasteiger partial charge < -0.3 is 10.1 Å². The molecule has 2 aromatic carbocycles. The average Bonchev–Trinajstić information content (AvgIpc) is 2.65. The fourth-order valence-electron chi connectivity index (χ4n) is 2.57. The number of carbonyl (C=O) groups is 2. The molecule has 1 N–H and O–H groups in total. The number of rotatable bonds is 4. The van der Waals surface area contributed by atoms with Gasteiger partial charge in [0.15, 0.2) is 5.69 Å². The SMILES string of the molecule is CCOC(=O)c1ccc(NC(=O)c2nn(C)c3ccccc3c2=O)cc1. The number of hydrogen-bond donors (Lipinski definition) is 1. The Balaban J connectivity index is 1.87. The van der Waals surface area contributed by atoms with Crippen molar-refractivity contribution in [2.24, 2.45) is 7.05 Å². The van der Waals surface area contributed by atoms with Gasteiger partial charge in [-0.2, -0.15) is 5.10 Å². The van der Waals surface area contributed by atoms with Crippen LogP contribution in [0.15, 0.2) is 53.3 Å². The van der Waals surface area contributed by atoms with Crippen molar-refractivity contribution in [3.63, 3.8) is 0 Å². The number of nitrogens with one attached hydrogen (secondary N) is 1. The van der Waals surface area contributed by atoms with Crippen molar-refractivity contribution in [3.8, 4) is 0 Å². The van der Waals surface area contributed by atoms with Crippen molar-refractivity contribution in [2.75, 3.05) is 11.9 Å². The number of amides is 1. The third kappa shape index (κ3) is 3.32. The van der Waals surface area contributed by atoms with Crippen molar-refractivity contribution in [3.05, 3.63) is 70.0 Å². The minimum absolute atomic E-state index is 0.194. The van der Waals surface area contributed by atoms with Crippen LogP contribution < -0.4 is 10.7 Å². The van der Waals surface area contributed by atoms with Gasteiger partial charge in [0, 0.05) is 18.1 Å². The molecule has 1 aromatic heterocycles. The number of ether oxygens (including phenoxy) is 1. The molecule has 0 saturated carbocycles. The summed E-state index contributed by atoms with van der Waals surface area (Å²) < 4.78 is 6.40. The van der Waals surface area contributed by atoms with Gasteiger partial charge in [0.1, 0.15) is 0 Å². The van der Waals surface area contributed by atoms with E-state index >= 15 is 0 Å². The van der Waals surface area contributed by atoms with E-state index in [4.69, 9.17) is 4.74 Å². The number of aryl methyl sites for hydroxylation is 1. The van der Waals surface area contributed by atoms with Gasteiger partial charge in [0.05, 0.1) is 17.7 Å². The van der Waals surface area contributed by atoms with Gasteiger partial charge in [-0.15, -0.1) is 0 Å². The zero-order valence-corrected chi connectivity index (χ0v) is 14.4. The molecule has 0 bridgehead atoms. The third-order valence-corrected chi connectivity index (χ3v) is 3.83. The number of aromatic nitrogens is 2. The number of fused-ring (bicyclic) bond motifs is 1. The highest BCUT2D eigenvalue weighted by Crippen LogP contribution is 2.12. The van der Waals surface area contributed by atoms with Crippen molar-refractivity contribution >= 4 is 28.5 Å². The Morgan fingerprint density at radius 1 is 1.12 bits per heavy atom. The van der Waals surface area contributed by atoms with Crippen LogP contribution in [0.25, 0.3) is 10.9 Å². The molecule has 3 rings (SSSR count). The highest BCUT2D eigenvalue weighted by molar-refractivity contribution is 6.04. The number of nitrogens with zero attached hydrogens (tertiary/aromatic N) is 2. The van der Waals surface area contributed by atoms with E-state index in [0.29, 0.717) is 22.2 Å². The Bertz CT molecular complexity index is 1040. The van der Waals surface area contributed by atoms with Gasteiger partial charge in [-0.05, 0) is 43.3 Å². The van der Waals surface area contributed by atoms with Crippen LogP contribution >= 0.6 is 0 Å². The second-order valence-corrected chi connectivity index (χ2v) is 5.57. The van der Waals surface area contributed by atoms with Crippen molar-refractivity contribution < 1.29 is 14.3 Å². The summed E-state index contributed by atoms with van der Waals surface area (Å²) >= 11 is 0. The van der Waals surface area contributed by atoms with E-state index in [1.807, 2.05) is 0 Å². The van der Waals surface area contributed by atoms with E-state index < -0.39 is 17.3 Å². The summed E-state index contributed by atoms with van der Waals surface area (Å²) in [4.78, 5) is 36.6. The standard InChI is InChI=1S/C19H17N3O4/c1-3-26-19(25)12-8-10-13(11-9-12)20-18(24)16-17(23)14-6-4-5-7-15(14)22(2)21-16/h4-11H,3H2,1-2H3,(H,20,24). The van der Waals surface area contributed by atoms with E-state index in [0.717, 1.165) is 0 Å². The van der Waals surface area contributed by atoms with Crippen LogP contribution in [0.3, 0.4) is 0 Å². The Morgan fingerprint density at radius 3 is 2.50 bits per heavy atom. The van der Waals surface area contributed by atoms with Gasteiger partial charge >= 0.3 is 5.97 Å². The largest absolute Gasteiger partial charge is 0.462 e. The summed E-state index contributed by atoms with van der Waals surface area (Å²) in [6.45, 7) is 2.01. The summed E-state index contributed by atoms with van der Waals surface area (Å²) in [5.41, 5.74) is 0.845. The lowest BCUT2D eigenvalue weighted by Crippen LogP contribution is -2.26. The second-order valence-electron chi connectivity index (χ2n) is 5.57. The smallest absolute Gasteiger partial charge is 0.338 e. The number of benzene rings is 2. The molecule has 26 heavy (non-hydrogen) atoms. The van der Waals surface area contributed by atoms with Crippen molar-refractivity contribution in [2.45, 2.75) is 6.92 Å². The van der Waals surface area contributed by atoms with Gasteiger partial charge in [-0.25, -0.2) is 4.79 Å². The summed E-state index contributed by atoms with van der Waals surface area (Å²) in [7, 11) is 1.67. The lowest BCUT2D eigenvalue weighted by molar-refractivity contribution is 0.0526. The molecular weight excluding hydrogens is 334 g/mol. The highest BCUT2D eigenvalue weighted by atomic mass is 16.5. The topological polar surface area (TPSA) is 90.3 Å². The van der Waals surface area contributed by atoms with Crippen LogP contribution in [0.1, 0.15) is 27.8 Å². The molecule has 1 heterocycles. The van der Waals surface area contributed by atoms with Crippen LogP contribution in [0, 0.1) is 0 Å². The number of anilines is 1. The number of esters is 1. The summed E-state index contributed by atoms with van der Waals surface area (Å²) in [5.74, 6) is -1.05. The third-order valence-electron chi connectivity index (χ3n) is 3.83. The van der Waals surface area contributed by atoms with E-state index in [-0.39, 0.29) is 12.3 Å². The molecule has 7 nitrogen and oxygen atoms in total. The first-order valence-electron chi connectivity index (χ1n) is 8.06. The molecule has 0 aliphatic heterocycles. The first-order valence-corrected chi connectivity index (χ1v) is 8.06. The predicted octanol–water partition coefficient (Wildman–Crippen LogP) is 2.36. The predicted molar refractivity (Wildman–Crippen MR) is 97.3 cm³/mol. The lowest BCUT2D eigenvalue weighted by Gasteiger charge is -2.09. The summed E-state index contributed by atoms with van der Waals surface area (Å²) in [6.07, 6.45) is 0. The zero-order valence-electron chi connectivity index (χ0n) is 14.4. The molecule has 0 fully saturated rings. The summed E-state index contributed by atoms with van der Waals surface area (Å²) in [6, 6.07) is 13.2. The number of para-hydroxylation sites is 1. The van der Waals surface area contributed by atoms with E-state index in [9.17, 15) is 14.4 Å². The molecule has 0 radical (unpaired) electrons. The quantitative estimate of drug-likeness (QED) is 0.729. The zero-order chi connectivity index (χ0) is 18.7. The fraction of sp³-hybridized carbons (Fsp3) is 0.158.